The van der Waals surface area contributed by atoms with E-state index in [0.717, 1.165) is 11.1 Å². The molecule has 2 N–H and O–H groups in total. The van der Waals surface area contributed by atoms with Crippen LogP contribution >= 0.6 is 11.6 Å². The summed E-state index contributed by atoms with van der Waals surface area (Å²) >= 11 is 5.84. The molecule has 0 saturated heterocycles. The lowest BCUT2D eigenvalue weighted by molar-refractivity contribution is 0.262. The molecule has 0 aliphatic rings. The van der Waals surface area contributed by atoms with E-state index < -0.39 is 11.8 Å². The molecule has 2 aromatic carbocycles. The number of aryl methyl sites for hydroxylation is 2. The number of para-hydroxylation sites is 1. The van der Waals surface area contributed by atoms with Gasteiger partial charge in [-0.25, -0.2) is 9.18 Å². The highest BCUT2D eigenvalue weighted by Crippen LogP contribution is 2.24. The summed E-state index contributed by atoms with van der Waals surface area (Å²) in [6.45, 7) is 3.93. The lowest BCUT2D eigenvalue weighted by Gasteiger charge is -2.11. The van der Waals surface area contributed by atoms with Crippen LogP contribution in [0.3, 0.4) is 0 Å². The third kappa shape index (κ3) is 3.27. The van der Waals surface area contributed by atoms with Crippen LogP contribution < -0.4 is 10.6 Å². The average Bonchev–Trinajstić information content (AvgIpc) is 2.38. The number of carbonyl (C=O) groups excluding carboxylic acids is 1. The van der Waals surface area contributed by atoms with Crippen LogP contribution in [0, 0.1) is 19.7 Å². The average molecular weight is 293 g/mol. The quantitative estimate of drug-likeness (QED) is 0.824. The SMILES string of the molecule is Cc1ccc(NC(=O)Nc2c(F)cccc2Cl)cc1C. The molecule has 104 valence electrons. The number of benzene rings is 2. The topological polar surface area (TPSA) is 41.1 Å². The summed E-state index contributed by atoms with van der Waals surface area (Å²) in [5.74, 6) is -0.576. The van der Waals surface area contributed by atoms with Gasteiger partial charge in [0.2, 0.25) is 0 Å². The lowest BCUT2D eigenvalue weighted by atomic mass is 10.1. The van der Waals surface area contributed by atoms with Crippen LogP contribution in [0.4, 0.5) is 20.6 Å². The molecule has 0 bridgehead atoms. The van der Waals surface area contributed by atoms with Crippen LogP contribution in [0.15, 0.2) is 36.4 Å². The first-order chi connectivity index (χ1) is 9.47. The van der Waals surface area contributed by atoms with Crippen molar-refractivity contribution in [3.8, 4) is 0 Å². The fourth-order valence-corrected chi connectivity index (χ4v) is 1.92. The highest BCUT2D eigenvalue weighted by atomic mass is 35.5. The van der Waals surface area contributed by atoms with Crippen molar-refractivity contribution in [2.24, 2.45) is 0 Å². The number of hydrogen-bond acceptors (Lipinski definition) is 1. The molecule has 2 amide bonds. The van der Waals surface area contributed by atoms with E-state index in [1.807, 2.05) is 26.0 Å². The molecule has 0 spiro atoms. The maximum atomic E-state index is 13.5. The summed E-state index contributed by atoms with van der Waals surface area (Å²) in [4.78, 5) is 11.8. The molecule has 20 heavy (non-hydrogen) atoms. The van der Waals surface area contributed by atoms with Gasteiger partial charge in [-0.1, -0.05) is 23.7 Å². The first kappa shape index (κ1) is 14.3. The van der Waals surface area contributed by atoms with Crippen molar-refractivity contribution in [2.75, 3.05) is 10.6 Å². The van der Waals surface area contributed by atoms with Gasteiger partial charge in [0, 0.05) is 5.69 Å². The zero-order chi connectivity index (χ0) is 14.7. The Morgan fingerprint density at radius 3 is 2.50 bits per heavy atom. The van der Waals surface area contributed by atoms with E-state index >= 15 is 0 Å². The molecule has 0 aromatic heterocycles. The van der Waals surface area contributed by atoms with Crippen molar-refractivity contribution in [1.82, 2.24) is 0 Å². The van der Waals surface area contributed by atoms with Gasteiger partial charge in [-0.05, 0) is 49.2 Å². The van der Waals surface area contributed by atoms with Gasteiger partial charge in [0.05, 0.1) is 10.7 Å². The zero-order valence-corrected chi connectivity index (χ0v) is 11.9. The van der Waals surface area contributed by atoms with Gasteiger partial charge in [-0.3, -0.25) is 0 Å². The number of nitrogens with one attached hydrogen (secondary N) is 2. The summed E-state index contributed by atoms with van der Waals surface area (Å²) in [6, 6.07) is 9.21. The normalized spacial score (nSPS) is 10.2. The first-order valence-corrected chi connectivity index (χ1v) is 6.44. The number of amides is 2. The molecule has 2 aromatic rings. The second kappa shape index (κ2) is 5.92. The molecule has 0 aliphatic carbocycles. The van der Waals surface area contributed by atoms with Gasteiger partial charge < -0.3 is 10.6 Å². The van der Waals surface area contributed by atoms with Crippen LogP contribution in [-0.4, -0.2) is 6.03 Å². The van der Waals surface area contributed by atoms with Crippen molar-refractivity contribution < 1.29 is 9.18 Å². The molecule has 0 saturated carbocycles. The lowest BCUT2D eigenvalue weighted by Crippen LogP contribution is -2.20. The fourth-order valence-electron chi connectivity index (χ4n) is 1.71. The molecule has 0 heterocycles. The molecule has 0 radical (unpaired) electrons. The summed E-state index contributed by atoms with van der Waals surface area (Å²) < 4.78 is 13.5. The number of hydrogen-bond donors (Lipinski definition) is 2. The second-order valence-electron chi connectivity index (χ2n) is 4.47. The fraction of sp³-hybridized carbons (Fsp3) is 0.133. The first-order valence-electron chi connectivity index (χ1n) is 6.06. The van der Waals surface area contributed by atoms with Gasteiger partial charge in [0.25, 0.3) is 0 Å². The van der Waals surface area contributed by atoms with E-state index in [0.29, 0.717) is 5.69 Å². The Balaban J connectivity index is 2.11. The summed E-state index contributed by atoms with van der Waals surface area (Å²) in [6.07, 6.45) is 0. The number of carbonyl (C=O) groups is 1. The smallest absolute Gasteiger partial charge is 0.308 e. The standard InChI is InChI=1S/C15H14ClFN2O/c1-9-6-7-11(8-10(9)2)18-15(20)19-14-12(16)4-3-5-13(14)17/h3-8H,1-2H3,(H2,18,19,20). The highest BCUT2D eigenvalue weighted by molar-refractivity contribution is 6.33. The van der Waals surface area contributed by atoms with Crippen LogP contribution in [0.5, 0.6) is 0 Å². The van der Waals surface area contributed by atoms with Gasteiger partial charge in [0.1, 0.15) is 5.82 Å². The number of anilines is 2. The molecule has 0 atom stereocenters. The van der Waals surface area contributed by atoms with E-state index in [2.05, 4.69) is 10.6 Å². The predicted octanol–water partition coefficient (Wildman–Crippen LogP) is 4.74. The maximum Gasteiger partial charge on any atom is 0.323 e. The molecule has 3 nitrogen and oxygen atoms in total. The predicted molar refractivity (Wildman–Crippen MR) is 80.0 cm³/mol. The molecular weight excluding hydrogens is 279 g/mol. The van der Waals surface area contributed by atoms with Gasteiger partial charge in [-0.15, -0.1) is 0 Å². The Kier molecular flexibility index (Phi) is 4.25. The van der Waals surface area contributed by atoms with Crippen LogP contribution in [0.25, 0.3) is 0 Å². The zero-order valence-electron chi connectivity index (χ0n) is 11.1. The molecule has 0 fully saturated rings. The Morgan fingerprint density at radius 2 is 1.85 bits per heavy atom. The second-order valence-corrected chi connectivity index (χ2v) is 4.88. The van der Waals surface area contributed by atoms with E-state index in [1.54, 1.807) is 6.07 Å². The van der Waals surface area contributed by atoms with E-state index in [4.69, 9.17) is 11.6 Å². The van der Waals surface area contributed by atoms with Gasteiger partial charge in [0.15, 0.2) is 0 Å². The minimum Gasteiger partial charge on any atom is -0.308 e. The number of halogens is 2. The third-order valence-electron chi connectivity index (χ3n) is 2.97. The molecule has 0 unspecified atom stereocenters. The van der Waals surface area contributed by atoms with Crippen LogP contribution in [-0.2, 0) is 0 Å². The molecule has 5 heteroatoms. The Bertz CT molecular complexity index is 638. The number of rotatable bonds is 2. The van der Waals surface area contributed by atoms with Crippen molar-refractivity contribution in [1.29, 1.82) is 0 Å². The van der Waals surface area contributed by atoms with Crippen molar-refractivity contribution in [2.45, 2.75) is 13.8 Å². The maximum absolute atomic E-state index is 13.5. The number of urea groups is 1. The Morgan fingerprint density at radius 1 is 1.10 bits per heavy atom. The molecule has 0 aliphatic heterocycles. The van der Waals surface area contributed by atoms with Gasteiger partial charge >= 0.3 is 6.03 Å². The minimum atomic E-state index is -0.576. The third-order valence-corrected chi connectivity index (χ3v) is 3.28. The van der Waals surface area contributed by atoms with Crippen LogP contribution in [0.2, 0.25) is 5.02 Å². The largest absolute Gasteiger partial charge is 0.323 e. The monoisotopic (exact) mass is 292 g/mol. The molecular formula is C15H14ClFN2O. The highest BCUT2D eigenvalue weighted by Gasteiger charge is 2.10. The van der Waals surface area contributed by atoms with Crippen molar-refractivity contribution in [3.05, 3.63) is 58.4 Å². The summed E-state index contributed by atoms with van der Waals surface area (Å²) in [7, 11) is 0. The van der Waals surface area contributed by atoms with E-state index in [-0.39, 0.29) is 10.7 Å². The van der Waals surface area contributed by atoms with Crippen molar-refractivity contribution in [3.63, 3.8) is 0 Å². The minimum absolute atomic E-state index is 0.0319. The Hall–Kier alpha value is -2.07. The Labute approximate surface area is 121 Å². The summed E-state index contributed by atoms with van der Waals surface area (Å²) in [5, 5.41) is 5.19. The van der Waals surface area contributed by atoms with Gasteiger partial charge in [-0.2, -0.15) is 0 Å². The summed E-state index contributed by atoms with van der Waals surface area (Å²) in [5.41, 5.74) is 2.80. The van der Waals surface area contributed by atoms with Crippen molar-refractivity contribution >= 4 is 29.0 Å². The molecule has 2 rings (SSSR count). The van der Waals surface area contributed by atoms with E-state index in [9.17, 15) is 9.18 Å². The van der Waals surface area contributed by atoms with Crippen LogP contribution in [0.1, 0.15) is 11.1 Å². The van der Waals surface area contributed by atoms with E-state index in [1.165, 1.54) is 18.2 Å².